The van der Waals surface area contributed by atoms with E-state index in [1.807, 2.05) is 21.1 Å². The summed E-state index contributed by atoms with van der Waals surface area (Å²) in [5, 5.41) is 9.19. The number of carboxylic acid groups (broad SMARTS) is 1. The third-order valence-corrected chi connectivity index (χ3v) is 3.68. The van der Waals surface area contributed by atoms with Crippen LogP contribution in [0.3, 0.4) is 0 Å². The SMILES string of the molecule is C[Se]c1ncc(C[C@@H](C(=O)O)[N+](C)(C)C)[nH]1. The average Bonchev–Trinajstić information content (AvgIpc) is 2.59. The molecule has 1 atom stereocenters. The number of nitrogens with one attached hydrogen (secondary N) is 1. The Kier molecular flexibility index (Phi) is 4.13. The van der Waals surface area contributed by atoms with Gasteiger partial charge in [-0.1, -0.05) is 0 Å². The Labute approximate surface area is 102 Å². The van der Waals surface area contributed by atoms with Crippen LogP contribution in [0.2, 0.25) is 5.82 Å². The van der Waals surface area contributed by atoms with Crippen molar-refractivity contribution in [1.82, 2.24) is 9.97 Å². The molecule has 0 saturated heterocycles. The third-order valence-electron chi connectivity index (χ3n) is 2.43. The third kappa shape index (κ3) is 3.33. The number of carbonyl (C=O) groups is 1. The van der Waals surface area contributed by atoms with Crippen molar-refractivity contribution in [1.29, 1.82) is 0 Å². The summed E-state index contributed by atoms with van der Waals surface area (Å²) < 4.78 is 1.37. The van der Waals surface area contributed by atoms with Gasteiger partial charge in [0.1, 0.15) is 0 Å². The molecule has 0 fully saturated rings. The van der Waals surface area contributed by atoms with Crippen LogP contribution in [0.1, 0.15) is 5.69 Å². The minimum atomic E-state index is -0.773. The number of H-pyrrole nitrogens is 1. The molecule has 0 saturated carbocycles. The van der Waals surface area contributed by atoms with Crippen LogP contribution in [0.4, 0.5) is 0 Å². The molecule has 2 N–H and O–H groups in total. The first-order valence-electron chi connectivity index (χ1n) is 4.96. The molecule has 0 unspecified atom stereocenters. The topological polar surface area (TPSA) is 66.0 Å². The molecule has 16 heavy (non-hydrogen) atoms. The summed E-state index contributed by atoms with van der Waals surface area (Å²) in [7, 11) is 5.67. The molecule has 0 aliphatic heterocycles. The fourth-order valence-corrected chi connectivity index (χ4v) is 2.27. The van der Waals surface area contributed by atoms with Gasteiger partial charge in [-0.3, -0.25) is 0 Å². The van der Waals surface area contributed by atoms with E-state index in [1.165, 1.54) is 0 Å². The Hall–Kier alpha value is -0.841. The maximum absolute atomic E-state index is 11.2. The summed E-state index contributed by atoms with van der Waals surface area (Å²) in [4.78, 5) is 18.5. The second-order valence-electron chi connectivity index (χ2n) is 4.59. The monoisotopic (exact) mass is 292 g/mol. The van der Waals surface area contributed by atoms with E-state index in [1.54, 1.807) is 6.20 Å². The quantitative estimate of drug-likeness (QED) is 0.567. The van der Waals surface area contributed by atoms with E-state index in [0.717, 1.165) is 10.4 Å². The molecule has 0 aliphatic rings. The fraction of sp³-hybridized carbons (Fsp3) is 0.600. The summed E-state index contributed by atoms with van der Waals surface area (Å²) in [6.07, 6.45) is 2.23. The van der Waals surface area contributed by atoms with E-state index in [-0.39, 0.29) is 0 Å². The number of imidazole rings is 1. The summed E-state index contributed by atoms with van der Waals surface area (Å²) >= 11 is 0.327. The molecule has 90 valence electrons. The summed E-state index contributed by atoms with van der Waals surface area (Å²) in [6, 6.07) is -0.447. The molecular weight excluding hydrogens is 273 g/mol. The Bertz CT molecular complexity index is 370. The van der Waals surface area contributed by atoms with Crippen molar-refractivity contribution in [2.75, 3.05) is 21.1 Å². The number of hydrogen-bond donors (Lipinski definition) is 2. The van der Waals surface area contributed by atoms with Crippen molar-refractivity contribution >= 4 is 25.6 Å². The zero-order chi connectivity index (χ0) is 12.3. The van der Waals surface area contributed by atoms with Gasteiger partial charge in [0.05, 0.1) is 0 Å². The number of aliphatic carboxylic acids is 1. The van der Waals surface area contributed by atoms with Gasteiger partial charge in [-0.2, -0.15) is 0 Å². The normalized spacial score (nSPS) is 13.8. The van der Waals surface area contributed by atoms with E-state index in [4.69, 9.17) is 0 Å². The van der Waals surface area contributed by atoms with Crippen molar-refractivity contribution < 1.29 is 14.4 Å². The summed E-state index contributed by atoms with van der Waals surface area (Å²) in [5.74, 6) is 1.30. The molecule has 0 amide bonds. The van der Waals surface area contributed by atoms with Crippen LogP contribution in [0.5, 0.6) is 0 Å². The van der Waals surface area contributed by atoms with Gasteiger partial charge in [0, 0.05) is 0 Å². The fourth-order valence-electron chi connectivity index (χ4n) is 1.45. The second kappa shape index (κ2) is 4.99. The first kappa shape index (κ1) is 13.2. The van der Waals surface area contributed by atoms with Crippen LogP contribution in [0, 0.1) is 0 Å². The Balaban J connectivity index is 2.80. The first-order valence-corrected chi connectivity index (χ1v) is 7.53. The standard InChI is InChI=1S/C10H17N3O2Se/c1-13(2,3)8(9(14)15)5-7-6-11-10(12-7)16-4/h6,8H,5H2,1-4H3,(H-,11,12,14,15)/p+1/t8-/m0/s1. The number of carboxylic acids is 1. The Morgan fingerprint density at radius 3 is 2.62 bits per heavy atom. The maximum atomic E-state index is 11.2. The molecule has 0 spiro atoms. The number of quaternary nitrogens is 1. The van der Waals surface area contributed by atoms with Crippen LogP contribution in [0.25, 0.3) is 0 Å². The molecule has 1 heterocycles. The zero-order valence-corrected chi connectivity index (χ0v) is 11.7. The Morgan fingerprint density at radius 2 is 2.25 bits per heavy atom. The molecular formula is C10H18N3O2Se+. The van der Waals surface area contributed by atoms with Gasteiger partial charge in [0.25, 0.3) is 0 Å². The predicted molar refractivity (Wildman–Crippen MR) is 63.0 cm³/mol. The van der Waals surface area contributed by atoms with Gasteiger partial charge in [-0.05, 0) is 0 Å². The van der Waals surface area contributed by atoms with E-state index in [0.29, 0.717) is 25.9 Å². The van der Waals surface area contributed by atoms with E-state index >= 15 is 0 Å². The molecule has 0 aromatic carbocycles. The van der Waals surface area contributed by atoms with Crippen LogP contribution < -0.4 is 4.72 Å². The first-order chi connectivity index (χ1) is 7.34. The molecule has 6 heteroatoms. The zero-order valence-electron chi connectivity index (χ0n) is 10.0. The van der Waals surface area contributed by atoms with Crippen LogP contribution in [-0.4, -0.2) is 67.7 Å². The van der Waals surface area contributed by atoms with Crippen molar-refractivity contribution in [3.8, 4) is 0 Å². The molecule has 0 radical (unpaired) electrons. The number of likely N-dealkylation sites (N-methyl/N-ethyl adjacent to an activating group) is 1. The Morgan fingerprint density at radius 1 is 1.62 bits per heavy atom. The van der Waals surface area contributed by atoms with Crippen LogP contribution in [0.15, 0.2) is 6.20 Å². The molecule has 5 nitrogen and oxygen atoms in total. The minimum absolute atomic E-state index is 0.327. The molecule has 1 aromatic heterocycles. The predicted octanol–water partition coefficient (Wildman–Crippen LogP) is -0.511. The number of aromatic nitrogens is 2. The second-order valence-corrected chi connectivity index (χ2v) is 6.26. The number of hydrogen-bond acceptors (Lipinski definition) is 2. The average molecular weight is 291 g/mol. The van der Waals surface area contributed by atoms with E-state index in [2.05, 4.69) is 15.8 Å². The molecule has 0 bridgehead atoms. The van der Waals surface area contributed by atoms with E-state index in [9.17, 15) is 9.90 Å². The molecule has 0 aliphatic carbocycles. The number of rotatable bonds is 5. The van der Waals surface area contributed by atoms with Crippen LogP contribution >= 0.6 is 0 Å². The van der Waals surface area contributed by atoms with Crippen molar-refractivity contribution in [2.45, 2.75) is 18.3 Å². The van der Waals surface area contributed by atoms with Gasteiger partial charge in [-0.15, -0.1) is 0 Å². The van der Waals surface area contributed by atoms with Crippen LogP contribution in [-0.2, 0) is 11.2 Å². The van der Waals surface area contributed by atoms with Gasteiger partial charge in [0.15, 0.2) is 0 Å². The van der Waals surface area contributed by atoms with Gasteiger partial charge in [0.2, 0.25) is 0 Å². The molecule has 1 aromatic rings. The van der Waals surface area contributed by atoms with Crippen molar-refractivity contribution in [2.24, 2.45) is 0 Å². The molecule has 1 rings (SSSR count). The van der Waals surface area contributed by atoms with Crippen molar-refractivity contribution in [3.63, 3.8) is 0 Å². The summed E-state index contributed by atoms with van der Waals surface area (Å²) in [6.45, 7) is 0. The number of nitrogens with zero attached hydrogens (tertiary/aromatic N) is 2. The van der Waals surface area contributed by atoms with Gasteiger partial charge in [-0.25, -0.2) is 0 Å². The number of aromatic amines is 1. The van der Waals surface area contributed by atoms with Gasteiger partial charge >= 0.3 is 101 Å². The van der Waals surface area contributed by atoms with Gasteiger partial charge < -0.3 is 0 Å². The van der Waals surface area contributed by atoms with Crippen molar-refractivity contribution in [3.05, 3.63) is 11.9 Å². The van der Waals surface area contributed by atoms with E-state index < -0.39 is 12.0 Å². The summed E-state index contributed by atoms with van der Waals surface area (Å²) in [5.41, 5.74) is 0.902.